The van der Waals surface area contributed by atoms with Crippen molar-refractivity contribution in [2.45, 2.75) is 19.4 Å². The number of benzene rings is 1. The molecule has 6 heteroatoms. The molecule has 0 bridgehead atoms. The van der Waals surface area contributed by atoms with Crippen molar-refractivity contribution >= 4 is 17.8 Å². The highest BCUT2D eigenvalue weighted by atomic mass is 15.3. The normalized spacial score (nSPS) is 11.9. The van der Waals surface area contributed by atoms with E-state index in [9.17, 15) is 0 Å². The average molecular weight is 300 g/mol. The second kappa shape index (κ2) is 7.06. The quantitative estimate of drug-likeness (QED) is 0.885. The number of aromatic nitrogens is 3. The number of hydrogen-bond acceptors (Lipinski definition) is 6. The summed E-state index contributed by atoms with van der Waals surface area (Å²) in [7, 11) is 7.69. The molecule has 1 aromatic carbocycles. The molecule has 2 rings (SSSR count). The molecule has 0 radical (unpaired) electrons. The fourth-order valence-electron chi connectivity index (χ4n) is 2.08. The predicted octanol–water partition coefficient (Wildman–Crippen LogP) is 2.57. The maximum atomic E-state index is 4.49. The van der Waals surface area contributed by atoms with Gasteiger partial charge >= 0.3 is 0 Å². The lowest BCUT2D eigenvalue weighted by atomic mass is 10.1. The molecule has 0 saturated carbocycles. The van der Waals surface area contributed by atoms with Crippen LogP contribution < -0.4 is 15.1 Å². The Labute approximate surface area is 132 Å². The molecule has 0 spiro atoms. The second-order valence-electron chi connectivity index (χ2n) is 5.56. The van der Waals surface area contributed by atoms with Gasteiger partial charge in [0.05, 0.1) is 6.04 Å². The average Bonchev–Trinajstić information content (AvgIpc) is 2.53. The molecule has 1 heterocycles. The maximum absolute atomic E-state index is 4.49. The predicted molar refractivity (Wildman–Crippen MR) is 91.6 cm³/mol. The van der Waals surface area contributed by atoms with Crippen molar-refractivity contribution in [2.24, 2.45) is 0 Å². The van der Waals surface area contributed by atoms with E-state index in [1.807, 2.05) is 56.2 Å². The molecule has 2 aromatic rings. The first-order valence-electron chi connectivity index (χ1n) is 7.43. The monoisotopic (exact) mass is 300 g/mol. The van der Waals surface area contributed by atoms with Crippen LogP contribution in [0.4, 0.5) is 17.8 Å². The second-order valence-corrected chi connectivity index (χ2v) is 5.56. The van der Waals surface area contributed by atoms with Gasteiger partial charge in [0.25, 0.3) is 0 Å². The Kier molecular flexibility index (Phi) is 5.14. The fourth-order valence-corrected chi connectivity index (χ4v) is 2.08. The summed E-state index contributed by atoms with van der Waals surface area (Å²) in [6, 6.07) is 10.5. The van der Waals surface area contributed by atoms with E-state index >= 15 is 0 Å². The molecule has 0 fully saturated rings. The molecule has 118 valence electrons. The van der Waals surface area contributed by atoms with Crippen molar-refractivity contribution in [1.82, 2.24) is 15.0 Å². The van der Waals surface area contributed by atoms with Crippen molar-refractivity contribution in [3.05, 3.63) is 35.9 Å². The van der Waals surface area contributed by atoms with Gasteiger partial charge in [0.1, 0.15) is 0 Å². The summed E-state index contributed by atoms with van der Waals surface area (Å²) in [5.74, 6) is 1.88. The van der Waals surface area contributed by atoms with Crippen LogP contribution in [0.3, 0.4) is 0 Å². The van der Waals surface area contributed by atoms with Crippen molar-refractivity contribution in [3.8, 4) is 0 Å². The summed E-state index contributed by atoms with van der Waals surface area (Å²) in [6.45, 7) is 2.14. The first-order valence-corrected chi connectivity index (χ1v) is 7.43. The molecule has 1 unspecified atom stereocenters. The van der Waals surface area contributed by atoms with Gasteiger partial charge in [-0.15, -0.1) is 0 Å². The molecule has 1 aromatic heterocycles. The molecule has 22 heavy (non-hydrogen) atoms. The molecule has 1 N–H and O–H groups in total. The van der Waals surface area contributed by atoms with E-state index in [0.29, 0.717) is 17.8 Å². The SMILES string of the molecule is CCC(Nc1nc(N(C)C)nc(N(C)C)n1)c1ccccc1. The number of nitrogens with zero attached hydrogens (tertiary/aromatic N) is 5. The Morgan fingerprint density at radius 1 is 0.909 bits per heavy atom. The zero-order chi connectivity index (χ0) is 16.1. The number of hydrogen-bond donors (Lipinski definition) is 1. The smallest absolute Gasteiger partial charge is 0.231 e. The lowest BCUT2D eigenvalue weighted by Crippen LogP contribution is -2.21. The minimum atomic E-state index is 0.175. The van der Waals surface area contributed by atoms with Gasteiger partial charge in [0.2, 0.25) is 17.8 Å². The molecule has 1 atom stereocenters. The Morgan fingerprint density at radius 3 is 1.91 bits per heavy atom. The van der Waals surface area contributed by atoms with Crippen LogP contribution in [0.15, 0.2) is 30.3 Å². The lowest BCUT2D eigenvalue weighted by Gasteiger charge is -2.20. The molecular formula is C16H24N6. The first kappa shape index (κ1) is 16.0. The van der Waals surface area contributed by atoms with Gasteiger partial charge in [0.15, 0.2) is 0 Å². The van der Waals surface area contributed by atoms with Gasteiger partial charge in [-0.25, -0.2) is 0 Å². The summed E-state index contributed by atoms with van der Waals surface area (Å²) < 4.78 is 0. The molecule has 0 saturated heterocycles. The molecule has 0 aliphatic carbocycles. The summed E-state index contributed by atoms with van der Waals surface area (Å²) in [5, 5.41) is 3.42. The van der Waals surface area contributed by atoms with Crippen LogP contribution in [-0.2, 0) is 0 Å². The van der Waals surface area contributed by atoms with Gasteiger partial charge in [-0.05, 0) is 12.0 Å². The Morgan fingerprint density at radius 2 is 1.45 bits per heavy atom. The van der Waals surface area contributed by atoms with Crippen LogP contribution in [0.1, 0.15) is 24.9 Å². The maximum Gasteiger partial charge on any atom is 0.231 e. The molecular weight excluding hydrogens is 276 g/mol. The van der Waals surface area contributed by atoms with Gasteiger partial charge < -0.3 is 15.1 Å². The standard InChI is InChI=1S/C16H24N6/c1-6-13(12-10-8-7-9-11-12)17-14-18-15(21(2)3)20-16(19-14)22(4)5/h7-11,13H,6H2,1-5H3,(H,17,18,19,20). The minimum Gasteiger partial charge on any atom is -0.347 e. The highest BCUT2D eigenvalue weighted by Gasteiger charge is 2.14. The number of nitrogens with one attached hydrogen (secondary N) is 1. The van der Waals surface area contributed by atoms with Crippen LogP contribution in [0.25, 0.3) is 0 Å². The lowest BCUT2D eigenvalue weighted by molar-refractivity contribution is 0.734. The van der Waals surface area contributed by atoms with Gasteiger partial charge in [-0.2, -0.15) is 15.0 Å². The number of rotatable bonds is 6. The van der Waals surface area contributed by atoms with Crippen LogP contribution in [0, 0.1) is 0 Å². The van der Waals surface area contributed by atoms with Crippen LogP contribution in [0.2, 0.25) is 0 Å². The molecule has 0 aliphatic heterocycles. The van der Waals surface area contributed by atoms with E-state index in [1.54, 1.807) is 0 Å². The zero-order valence-corrected chi connectivity index (χ0v) is 13.9. The molecule has 0 amide bonds. The fraction of sp³-hybridized carbons (Fsp3) is 0.438. The van der Waals surface area contributed by atoms with Gasteiger partial charge in [-0.3, -0.25) is 0 Å². The minimum absolute atomic E-state index is 0.175. The summed E-state index contributed by atoms with van der Waals surface area (Å²) in [4.78, 5) is 17.2. The van der Waals surface area contributed by atoms with Crippen molar-refractivity contribution in [3.63, 3.8) is 0 Å². The van der Waals surface area contributed by atoms with E-state index < -0.39 is 0 Å². The topological polar surface area (TPSA) is 57.2 Å². The first-order chi connectivity index (χ1) is 10.5. The molecule has 6 nitrogen and oxygen atoms in total. The zero-order valence-electron chi connectivity index (χ0n) is 13.9. The van der Waals surface area contributed by atoms with Crippen LogP contribution >= 0.6 is 0 Å². The highest BCUT2D eigenvalue weighted by Crippen LogP contribution is 2.22. The third-order valence-corrected chi connectivity index (χ3v) is 3.33. The van der Waals surface area contributed by atoms with E-state index in [4.69, 9.17) is 0 Å². The van der Waals surface area contributed by atoms with Crippen LogP contribution in [0.5, 0.6) is 0 Å². The number of anilines is 3. The van der Waals surface area contributed by atoms with Gasteiger partial charge in [0, 0.05) is 28.2 Å². The highest BCUT2D eigenvalue weighted by molar-refractivity contribution is 5.45. The third kappa shape index (κ3) is 3.84. The van der Waals surface area contributed by atoms with E-state index in [-0.39, 0.29) is 6.04 Å². The summed E-state index contributed by atoms with van der Waals surface area (Å²) in [6.07, 6.45) is 0.949. The third-order valence-electron chi connectivity index (χ3n) is 3.33. The van der Waals surface area contributed by atoms with Crippen LogP contribution in [-0.4, -0.2) is 43.1 Å². The van der Waals surface area contributed by atoms with Crippen molar-refractivity contribution in [1.29, 1.82) is 0 Å². The van der Waals surface area contributed by atoms with E-state index in [0.717, 1.165) is 6.42 Å². The van der Waals surface area contributed by atoms with E-state index in [1.165, 1.54) is 5.56 Å². The Bertz CT molecular complexity index is 571. The largest absolute Gasteiger partial charge is 0.347 e. The van der Waals surface area contributed by atoms with Gasteiger partial charge in [-0.1, -0.05) is 37.3 Å². The van der Waals surface area contributed by atoms with Crippen molar-refractivity contribution in [2.75, 3.05) is 43.3 Å². The summed E-state index contributed by atoms with van der Waals surface area (Å²) >= 11 is 0. The summed E-state index contributed by atoms with van der Waals surface area (Å²) in [5.41, 5.74) is 1.23. The van der Waals surface area contributed by atoms with E-state index in [2.05, 4.69) is 39.3 Å². The van der Waals surface area contributed by atoms with Crippen molar-refractivity contribution < 1.29 is 0 Å². The molecule has 0 aliphatic rings. The Hall–Kier alpha value is -2.37. The Balaban J connectivity index is 2.31.